The Morgan fingerprint density at radius 2 is 1.50 bits per heavy atom. The number of aliphatic carboxylic acids is 1. The van der Waals surface area contributed by atoms with Crippen LogP contribution in [0.2, 0.25) is 0 Å². The Kier molecular flexibility index (Phi) is 12.4. The number of carboxylic acid groups (broad SMARTS) is 1. The lowest BCUT2D eigenvalue weighted by molar-refractivity contribution is -0.137. The van der Waals surface area contributed by atoms with Crippen molar-refractivity contribution in [3.8, 4) is 0 Å². The van der Waals surface area contributed by atoms with Gasteiger partial charge >= 0.3 is 5.97 Å². The van der Waals surface area contributed by atoms with Crippen LogP contribution < -0.4 is 0 Å². The molecule has 0 amide bonds. The van der Waals surface area contributed by atoms with Gasteiger partial charge in [-0.1, -0.05) is 50.1 Å². The Labute approximate surface area is 133 Å². The first-order valence-corrected chi connectivity index (χ1v) is 8.12. The van der Waals surface area contributed by atoms with Crippen LogP contribution in [0.3, 0.4) is 0 Å². The van der Waals surface area contributed by atoms with Crippen LogP contribution in [0.4, 0.5) is 0 Å². The van der Waals surface area contributed by atoms with E-state index in [1.165, 1.54) is 6.08 Å². The van der Waals surface area contributed by atoms with E-state index in [2.05, 4.69) is 25.2 Å². The van der Waals surface area contributed by atoms with Gasteiger partial charge in [-0.05, 0) is 38.2 Å². The lowest BCUT2D eigenvalue weighted by Crippen LogP contribution is -2.24. The minimum Gasteiger partial charge on any atom is -0.481 e. The van der Waals surface area contributed by atoms with E-state index in [9.17, 15) is 15.0 Å². The van der Waals surface area contributed by atoms with Crippen LogP contribution in [0.5, 0.6) is 0 Å². The van der Waals surface area contributed by atoms with Crippen molar-refractivity contribution in [2.24, 2.45) is 0 Å². The van der Waals surface area contributed by atoms with Crippen molar-refractivity contribution in [3.05, 3.63) is 36.5 Å². The maximum absolute atomic E-state index is 10.3. The molecule has 0 fully saturated rings. The number of allylic oxidation sites excluding steroid dienone is 5. The molecule has 126 valence electrons. The molecule has 0 aliphatic rings. The second-order valence-electron chi connectivity index (χ2n) is 5.41. The van der Waals surface area contributed by atoms with Gasteiger partial charge < -0.3 is 15.3 Å². The molecule has 3 N–H and O–H groups in total. The van der Waals surface area contributed by atoms with Gasteiger partial charge in [-0.25, -0.2) is 0 Å². The average molecular weight is 310 g/mol. The fraction of sp³-hybridized carbons (Fsp3) is 0.611. The van der Waals surface area contributed by atoms with E-state index in [1.54, 1.807) is 6.08 Å². The maximum Gasteiger partial charge on any atom is 0.303 e. The number of aliphatic hydroxyl groups is 2. The first kappa shape index (κ1) is 20.6. The summed E-state index contributed by atoms with van der Waals surface area (Å²) in [5.41, 5.74) is 0. The van der Waals surface area contributed by atoms with E-state index in [1.807, 2.05) is 6.08 Å². The SMILES string of the molecule is CC/C=C\C/C=C\C/C=C\C(O)(O)CCCCCCC(=O)O. The monoisotopic (exact) mass is 310 g/mol. The van der Waals surface area contributed by atoms with Crippen LogP contribution in [0.1, 0.15) is 64.7 Å². The minimum atomic E-state index is -1.76. The van der Waals surface area contributed by atoms with Crippen molar-refractivity contribution in [1.29, 1.82) is 0 Å². The van der Waals surface area contributed by atoms with Gasteiger partial charge in [-0.15, -0.1) is 0 Å². The summed E-state index contributed by atoms with van der Waals surface area (Å²) in [6, 6.07) is 0. The van der Waals surface area contributed by atoms with Crippen LogP contribution in [-0.4, -0.2) is 27.1 Å². The molecule has 0 radical (unpaired) electrons. The summed E-state index contributed by atoms with van der Waals surface area (Å²) in [5, 5.41) is 28.0. The molecule has 0 saturated carbocycles. The summed E-state index contributed by atoms with van der Waals surface area (Å²) in [7, 11) is 0. The Bertz CT molecular complexity index is 367. The topological polar surface area (TPSA) is 77.8 Å². The molecular weight excluding hydrogens is 280 g/mol. The molecular formula is C18H30O4. The smallest absolute Gasteiger partial charge is 0.303 e. The van der Waals surface area contributed by atoms with Gasteiger partial charge in [0.2, 0.25) is 0 Å². The quantitative estimate of drug-likeness (QED) is 0.273. The molecule has 0 rings (SSSR count). The molecule has 0 unspecified atom stereocenters. The predicted molar refractivity (Wildman–Crippen MR) is 89.5 cm³/mol. The Morgan fingerprint density at radius 1 is 0.909 bits per heavy atom. The largest absolute Gasteiger partial charge is 0.481 e. The van der Waals surface area contributed by atoms with Crippen LogP contribution in [0, 0.1) is 0 Å². The summed E-state index contributed by atoms with van der Waals surface area (Å²) in [6.07, 6.45) is 17.5. The maximum atomic E-state index is 10.3. The first-order valence-electron chi connectivity index (χ1n) is 8.12. The standard InChI is InChI=1S/C18H30O4/c1-2-3-4-5-6-7-9-12-15-18(21,22)16-13-10-8-11-14-17(19)20/h3-4,6-7,12,15,21-22H,2,5,8-11,13-14,16H2,1H3,(H,19,20)/b4-3-,7-6-,15-12-. The summed E-state index contributed by atoms with van der Waals surface area (Å²) >= 11 is 0. The number of hydrogen-bond donors (Lipinski definition) is 3. The van der Waals surface area contributed by atoms with E-state index in [-0.39, 0.29) is 12.8 Å². The molecule has 22 heavy (non-hydrogen) atoms. The molecule has 0 aliphatic carbocycles. The van der Waals surface area contributed by atoms with Gasteiger partial charge in [0.25, 0.3) is 0 Å². The van der Waals surface area contributed by atoms with Gasteiger partial charge in [0.1, 0.15) is 0 Å². The number of hydrogen-bond acceptors (Lipinski definition) is 3. The lowest BCUT2D eigenvalue weighted by atomic mass is 10.0. The van der Waals surface area contributed by atoms with Gasteiger partial charge in [0.15, 0.2) is 5.79 Å². The third-order valence-electron chi connectivity index (χ3n) is 3.18. The second kappa shape index (κ2) is 13.3. The number of carbonyl (C=O) groups is 1. The fourth-order valence-corrected chi connectivity index (χ4v) is 1.97. The molecule has 0 aromatic rings. The molecule has 0 bridgehead atoms. The fourth-order valence-electron chi connectivity index (χ4n) is 1.97. The number of unbranched alkanes of at least 4 members (excludes halogenated alkanes) is 3. The summed E-state index contributed by atoms with van der Waals surface area (Å²) in [4.78, 5) is 10.3. The Morgan fingerprint density at radius 3 is 2.14 bits per heavy atom. The van der Waals surface area contributed by atoms with Crippen LogP contribution in [-0.2, 0) is 4.79 Å². The molecule has 0 saturated heterocycles. The van der Waals surface area contributed by atoms with Gasteiger partial charge in [-0.3, -0.25) is 4.79 Å². The van der Waals surface area contributed by atoms with Gasteiger partial charge in [0.05, 0.1) is 0 Å². The second-order valence-corrected chi connectivity index (χ2v) is 5.41. The highest BCUT2D eigenvalue weighted by Gasteiger charge is 2.17. The predicted octanol–water partition coefficient (Wildman–Crippen LogP) is 3.95. The number of carboxylic acids is 1. The molecule has 0 aromatic carbocycles. The zero-order chi connectivity index (χ0) is 16.7. The summed E-state index contributed by atoms with van der Waals surface area (Å²) in [6.45, 7) is 2.09. The van der Waals surface area contributed by atoms with Crippen LogP contribution in [0.25, 0.3) is 0 Å². The zero-order valence-corrected chi connectivity index (χ0v) is 13.6. The normalized spacial score (nSPS) is 12.9. The highest BCUT2D eigenvalue weighted by atomic mass is 16.5. The van der Waals surface area contributed by atoms with E-state index < -0.39 is 11.8 Å². The molecule has 0 spiro atoms. The van der Waals surface area contributed by atoms with E-state index >= 15 is 0 Å². The van der Waals surface area contributed by atoms with Gasteiger partial charge in [-0.2, -0.15) is 0 Å². The Balaban J connectivity index is 3.72. The van der Waals surface area contributed by atoms with Gasteiger partial charge in [0, 0.05) is 12.8 Å². The van der Waals surface area contributed by atoms with Crippen molar-refractivity contribution >= 4 is 5.97 Å². The Hall–Kier alpha value is -1.39. The summed E-state index contributed by atoms with van der Waals surface area (Å²) < 4.78 is 0. The highest BCUT2D eigenvalue weighted by molar-refractivity contribution is 5.66. The molecule has 0 aliphatic heterocycles. The van der Waals surface area contributed by atoms with Crippen LogP contribution in [0.15, 0.2) is 36.5 Å². The molecule has 4 nitrogen and oxygen atoms in total. The average Bonchev–Trinajstić information content (AvgIpc) is 2.45. The van der Waals surface area contributed by atoms with E-state index in [0.717, 1.165) is 25.7 Å². The van der Waals surface area contributed by atoms with Crippen molar-refractivity contribution < 1.29 is 20.1 Å². The lowest BCUT2D eigenvalue weighted by Gasteiger charge is -2.17. The van der Waals surface area contributed by atoms with Crippen LogP contribution >= 0.6 is 0 Å². The molecule has 4 heteroatoms. The van der Waals surface area contributed by atoms with E-state index in [4.69, 9.17) is 5.11 Å². The molecule has 0 aromatic heterocycles. The highest BCUT2D eigenvalue weighted by Crippen LogP contribution is 2.15. The van der Waals surface area contributed by atoms with Crippen molar-refractivity contribution in [3.63, 3.8) is 0 Å². The third kappa shape index (κ3) is 15.0. The molecule has 0 atom stereocenters. The number of rotatable bonds is 13. The van der Waals surface area contributed by atoms with E-state index in [0.29, 0.717) is 19.3 Å². The minimum absolute atomic E-state index is 0.184. The van der Waals surface area contributed by atoms with Crippen molar-refractivity contribution in [1.82, 2.24) is 0 Å². The van der Waals surface area contributed by atoms with Crippen molar-refractivity contribution in [2.45, 2.75) is 70.5 Å². The third-order valence-corrected chi connectivity index (χ3v) is 3.18. The summed E-state index contributed by atoms with van der Waals surface area (Å²) in [5.74, 6) is -2.54. The zero-order valence-electron chi connectivity index (χ0n) is 13.6. The molecule has 0 heterocycles. The first-order chi connectivity index (χ1) is 10.5. The van der Waals surface area contributed by atoms with Crippen molar-refractivity contribution in [2.75, 3.05) is 0 Å².